The van der Waals surface area contributed by atoms with E-state index in [1.807, 2.05) is 55.6 Å². The number of cyclic esters (lactones) is 1. The fraction of sp³-hybridized carbons (Fsp3) is 0.958. The molecule has 16 nitrogen and oxygen atoms in total. The number of carbonyl (C=O) groups is 1. The van der Waals surface area contributed by atoms with Crippen molar-refractivity contribution < 1.29 is 67.0 Å². The first-order chi connectivity index (χ1) is 30.0. The molecule has 0 aromatic carbocycles. The molecule has 0 amide bonds. The molecule has 3 N–H and O–H groups in total. The molecule has 0 unspecified atom stereocenters. The smallest absolute Gasteiger partial charge is 0.311 e. The molecule has 0 saturated carbocycles. The third-order valence-corrected chi connectivity index (χ3v) is 15.6. The van der Waals surface area contributed by atoms with Crippen molar-refractivity contribution in [1.29, 1.82) is 0 Å². The van der Waals surface area contributed by atoms with Gasteiger partial charge in [0.05, 0.1) is 59.5 Å². The van der Waals surface area contributed by atoms with Crippen molar-refractivity contribution in [3.63, 3.8) is 0 Å². The van der Waals surface area contributed by atoms with Crippen LogP contribution in [0.3, 0.4) is 0 Å². The van der Waals surface area contributed by atoms with Gasteiger partial charge in [0.1, 0.15) is 17.8 Å². The lowest BCUT2D eigenvalue weighted by atomic mass is 9.73. The normalized spacial score (nSPS) is 42.5. The van der Waals surface area contributed by atoms with Crippen LogP contribution in [0.4, 0.5) is 0 Å². The first kappa shape index (κ1) is 59.2. The minimum absolute atomic E-state index is 0.0363. The maximum Gasteiger partial charge on any atom is 0.311 e. The van der Waals surface area contributed by atoms with Gasteiger partial charge in [0.25, 0.3) is 0 Å². The van der Waals surface area contributed by atoms with E-state index in [2.05, 4.69) is 49.3 Å². The molecule has 18 atom stereocenters. The number of aliphatic hydroxyl groups is 3. The van der Waals surface area contributed by atoms with Crippen molar-refractivity contribution in [2.24, 2.45) is 28.8 Å². The van der Waals surface area contributed by atoms with Crippen molar-refractivity contribution in [1.82, 2.24) is 4.90 Å². The summed E-state index contributed by atoms with van der Waals surface area (Å²) in [6.07, 6.45) is -6.97. The van der Waals surface area contributed by atoms with Crippen LogP contribution in [0.1, 0.15) is 116 Å². The van der Waals surface area contributed by atoms with Crippen LogP contribution in [0.2, 0.25) is 39.3 Å². The fourth-order valence-corrected chi connectivity index (χ4v) is 12.5. The van der Waals surface area contributed by atoms with Crippen LogP contribution >= 0.6 is 0 Å². The monoisotopic (exact) mass is 979 g/mol. The Kier molecular flexibility index (Phi) is 20.6. The number of rotatable bonds is 15. The van der Waals surface area contributed by atoms with Gasteiger partial charge < -0.3 is 67.1 Å². The summed E-state index contributed by atoms with van der Waals surface area (Å²) >= 11 is 0. The molecule has 0 bridgehead atoms. The first-order valence-corrected chi connectivity index (χ1v) is 31.3. The Bertz CT molecular complexity index is 1570. The van der Waals surface area contributed by atoms with Gasteiger partial charge >= 0.3 is 5.97 Å². The van der Waals surface area contributed by atoms with E-state index in [1.165, 1.54) is 6.92 Å². The molecule has 3 fully saturated rings. The Labute approximate surface area is 400 Å². The molecule has 0 aromatic heterocycles. The summed E-state index contributed by atoms with van der Waals surface area (Å²) in [4.78, 5) is 22.9. The SMILES string of the molecule is CCOC(C)(C)O/N=C1/[C@H](C)C[C@@](C)(O)[C@H](O[C@@H]2O[C@H](C)C[C@H](N(C)C)[C@@H]2O[Si](C)(C)C)[C@@H](C)[C@H](O[C@H]2C[C@@](C)(OC)[C@@H](O[Si](C)(C)C)[C@H](C)O2)[C@@H](C)C(=O)O[C@H](CC)[C@@](C)(O)[C@H](O)[C@H]1C. The Hall–Kier alpha value is -1.11. The average Bonchev–Trinajstić information content (AvgIpc) is 3.17. The van der Waals surface area contributed by atoms with Gasteiger partial charge in [-0.25, -0.2) is 0 Å². The number of esters is 1. The highest BCUT2D eigenvalue weighted by molar-refractivity contribution is 6.70. The minimum atomic E-state index is -2.22. The highest BCUT2D eigenvalue weighted by Gasteiger charge is 2.55. The van der Waals surface area contributed by atoms with Gasteiger partial charge in [-0.3, -0.25) is 4.79 Å². The molecule has 66 heavy (non-hydrogen) atoms. The molecular formula is C48H94N2O14Si2. The predicted molar refractivity (Wildman–Crippen MR) is 260 cm³/mol. The minimum Gasteiger partial charge on any atom is -0.459 e. The standard InChI is InChI=1S/C48H94N2O14Si2/c1-23-35-48(13,54)40(51)30(5)37(49-64-45(9,10)56-24-2)28(3)26-46(11,53)41(61-44-39(62-65(17,18)19)34(50(14)15)25-29(4)57-44)31(6)38(32(7)43(52)59-35)60-36-27-47(12,55-16)42(33(8)58-36)63-66(20,21)22/h28-36,38-42,44,51,53-54H,23-27H2,1-22H3/b49-37-/t28-,29-,30+,31+,32-,33+,34+,35-,36+,38+,39+,40-,41-,42+,44+,46-,47-,48-/m1/s1. The van der Waals surface area contributed by atoms with Crippen LogP contribution < -0.4 is 0 Å². The number of likely N-dealkylation sites (N-methyl/N-ethyl adjacent to an activating group) is 1. The summed E-state index contributed by atoms with van der Waals surface area (Å²) in [5.41, 5.74) is -4.12. The molecule has 0 aromatic rings. The summed E-state index contributed by atoms with van der Waals surface area (Å²) in [6.45, 7) is 36.5. The van der Waals surface area contributed by atoms with Crippen LogP contribution in [0.15, 0.2) is 5.16 Å². The molecule has 0 spiro atoms. The average molecular weight is 979 g/mol. The lowest BCUT2D eigenvalue weighted by Crippen LogP contribution is -2.62. The number of ether oxygens (including phenoxy) is 7. The first-order valence-electron chi connectivity index (χ1n) is 24.5. The van der Waals surface area contributed by atoms with Gasteiger partial charge in [-0.2, -0.15) is 0 Å². The number of carbonyl (C=O) groups excluding carboxylic acids is 1. The topological polar surface area (TPSA) is 186 Å². The lowest BCUT2D eigenvalue weighted by Gasteiger charge is -2.51. The van der Waals surface area contributed by atoms with Crippen molar-refractivity contribution in [3.8, 4) is 0 Å². The molecule has 388 valence electrons. The fourth-order valence-electron chi connectivity index (χ4n) is 10.2. The molecule has 3 saturated heterocycles. The van der Waals surface area contributed by atoms with Crippen LogP contribution in [-0.4, -0.2) is 166 Å². The van der Waals surface area contributed by atoms with Crippen LogP contribution in [0, 0.1) is 23.7 Å². The zero-order valence-electron chi connectivity index (χ0n) is 44.9. The number of nitrogens with zero attached hydrogens (tertiary/aromatic N) is 2. The van der Waals surface area contributed by atoms with E-state index in [0.29, 0.717) is 18.7 Å². The quantitative estimate of drug-likeness (QED) is 0.0654. The molecule has 0 radical (unpaired) electrons. The summed E-state index contributed by atoms with van der Waals surface area (Å²) < 4.78 is 59.4. The molecule has 3 rings (SSSR count). The van der Waals surface area contributed by atoms with Crippen molar-refractivity contribution in [2.45, 2.75) is 245 Å². The van der Waals surface area contributed by atoms with E-state index in [1.54, 1.807) is 48.7 Å². The zero-order valence-corrected chi connectivity index (χ0v) is 46.9. The number of oxime groups is 1. The predicted octanol–water partition coefficient (Wildman–Crippen LogP) is 7.08. The van der Waals surface area contributed by atoms with Gasteiger partial charge in [-0.1, -0.05) is 32.9 Å². The Morgan fingerprint density at radius 2 is 1.44 bits per heavy atom. The molecule has 18 heteroatoms. The van der Waals surface area contributed by atoms with Gasteiger partial charge in [-0.05, 0) is 121 Å². The second-order valence-electron chi connectivity index (χ2n) is 22.9. The van der Waals surface area contributed by atoms with Crippen LogP contribution in [-0.2, 0) is 51.6 Å². The molecule has 3 aliphatic heterocycles. The lowest BCUT2D eigenvalue weighted by molar-refractivity contribution is -0.315. The largest absolute Gasteiger partial charge is 0.459 e. The third-order valence-electron chi connectivity index (χ3n) is 13.6. The summed E-state index contributed by atoms with van der Waals surface area (Å²) in [6, 6.07) is -0.0787. The van der Waals surface area contributed by atoms with Gasteiger partial charge in [-0.15, -0.1) is 0 Å². The van der Waals surface area contributed by atoms with E-state index < -0.39 is 124 Å². The van der Waals surface area contributed by atoms with E-state index >= 15 is 0 Å². The number of hydrogen-bond acceptors (Lipinski definition) is 16. The third kappa shape index (κ3) is 15.2. The highest BCUT2D eigenvalue weighted by Crippen LogP contribution is 2.42. The zero-order chi connectivity index (χ0) is 50.7. The second kappa shape index (κ2) is 23.0. The Morgan fingerprint density at radius 3 is 1.95 bits per heavy atom. The van der Waals surface area contributed by atoms with Crippen molar-refractivity contribution in [3.05, 3.63) is 0 Å². The van der Waals surface area contributed by atoms with E-state index in [4.69, 9.17) is 46.8 Å². The summed E-state index contributed by atoms with van der Waals surface area (Å²) in [5.74, 6) is -5.01. The Balaban J connectivity index is 2.35. The van der Waals surface area contributed by atoms with Crippen molar-refractivity contribution in [2.75, 3.05) is 27.8 Å². The number of hydrogen-bond donors (Lipinski definition) is 3. The summed E-state index contributed by atoms with van der Waals surface area (Å²) in [5, 5.41) is 42.2. The van der Waals surface area contributed by atoms with Crippen LogP contribution in [0.5, 0.6) is 0 Å². The number of methoxy groups -OCH3 is 1. The van der Waals surface area contributed by atoms with Gasteiger partial charge in [0, 0.05) is 57.8 Å². The number of aliphatic hydroxyl groups excluding tert-OH is 1. The molecular weight excluding hydrogens is 885 g/mol. The second-order valence-corrected chi connectivity index (χ2v) is 31.8. The van der Waals surface area contributed by atoms with E-state index in [-0.39, 0.29) is 31.4 Å². The van der Waals surface area contributed by atoms with Crippen LogP contribution in [0.25, 0.3) is 0 Å². The maximum atomic E-state index is 14.7. The van der Waals surface area contributed by atoms with E-state index in [9.17, 15) is 20.1 Å². The highest BCUT2D eigenvalue weighted by atomic mass is 28.4. The van der Waals surface area contributed by atoms with E-state index in [0.717, 1.165) is 0 Å². The molecule has 3 heterocycles. The Morgan fingerprint density at radius 1 is 0.848 bits per heavy atom. The van der Waals surface area contributed by atoms with Gasteiger partial charge in [0.2, 0.25) is 5.79 Å². The maximum absolute atomic E-state index is 14.7. The molecule has 3 aliphatic rings. The molecule has 0 aliphatic carbocycles. The van der Waals surface area contributed by atoms with Crippen molar-refractivity contribution >= 4 is 28.3 Å². The summed E-state index contributed by atoms with van der Waals surface area (Å²) in [7, 11) is 1.41. The van der Waals surface area contributed by atoms with Gasteiger partial charge in [0.15, 0.2) is 29.2 Å².